The molecule has 2 aromatic rings. The van der Waals surface area contributed by atoms with E-state index in [1.807, 2.05) is 49.5 Å². The number of carbonyl (C=O) groups excluding carboxylic acids is 1. The summed E-state index contributed by atoms with van der Waals surface area (Å²) in [6, 6.07) is 13.5. The van der Waals surface area contributed by atoms with E-state index in [-0.39, 0.29) is 6.04 Å². The minimum Gasteiger partial charge on any atom is -0.367 e. The summed E-state index contributed by atoms with van der Waals surface area (Å²) < 4.78 is 0.892. The van der Waals surface area contributed by atoms with Gasteiger partial charge in [-0.25, -0.2) is 0 Å². The Bertz CT molecular complexity index is 630. The fraction of sp³-hybridized carbons (Fsp3) is 0.188. The molecule has 0 spiro atoms. The minimum absolute atomic E-state index is 0.127. The molecular formula is C16H15BrClNO. The van der Waals surface area contributed by atoms with Crippen molar-refractivity contribution in [1.29, 1.82) is 0 Å². The van der Waals surface area contributed by atoms with E-state index in [1.165, 1.54) is 0 Å². The molecule has 20 heavy (non-hydrogen) atoms. The van der Waals surface area contributed by atoms with Crippen LogP contribution in [0.5, 0.6) is 0 Å². The van der Waals surface area contributed by atoms with Crippen LogP contribution in [0.15, 0.2) is 46.9 Å². The van der Waals surface area contributed by atoms with Gasteiger partial charge in [-0.3, -0.25) is 4.79 Å². The lowest BCUT2D eigenvalue weighted by Crippen LogP contribution is -2.22. The lowest BCUT2D eigenvalue weighted by molar-refractivity contribution is 0.112. The largest absolute Gasteiger partial charge is 0.367 e. The maximum atomic E-state index is 10.8. The highest BCUT2D eigenvalue weighted by Gasteiger charge is 2.16. The third-order valence-corrected chi connectivity index (χ3v) is 4.40. The molecule has 2 rings (SSSR count). The van der Waals surface area contributed by atoms with Gasteiger partial charge >= 0.3 is 0 Å². The summed E-state index contributed by atoms with van der Waals surface area (Å²) in [7, 11) is 2.01. The van der Waals surface area contributed by atoms with Gasteiger partial charge in [-0.2, -0.15) is 0 Å². The van der Waals surface area contributed by atoms with E-state index < -0.39 is 0 Å². The Morgan fingerprint density at radius 2 is 1.95 bits per heavy atom. The number of anilines is 1. The highest BCUT2D eigenvalue weighted by atomic mass is 79.9. The van der Waals surface area contributed by atoms with Crippen LogP contribution < -0.4 is 4.90 Å². The van der Waals surface area contributed by atoms with Crippen LogP contribution in [0.3, 0.4) is 0 Å². The molecule has 1 atom stereocenters. The van der Waals surface area contributed by atoms with Crippen LogP contribution in [-0.4, -0.2) is 13.3 Å². The summed E-state index contributed by atoms with van der Waals surface area (Å²) in [5.74, 6) is 0. The molecule has 0 aromatic heterocycles. The van der Waals surface area contributed by atoms with E-state index in [9.17, 15) is 4.79 Å². The lowest BCUT2D eigenvalue weighted by Gasteiger charge is -2.29. The van der Waals surface area contributed by atoms with Gasteiger partial charge in [0.05, 0.1) is 11.7 Å². The standard InChI is InChI=1S/C16H15BrClNO/c1-11(13-5-3-4-6-15(13)18)19(2)16-8-7-12(10-20)9-14(16)17/h3-11H,1-2H3. The molecule has 1 unspecified atom stereocenters. The van der Waals surface area contributed by atoms with Gasteiger partial charge in [0.1, 0.15) is 6.29 Å². The zero-order valence-electron chi connectivity index (χ0n) is 11.3. The Morgan fingerprint density at radius 1 is 1.25 bits per heavy atom. The SMILES string of the molecule is CC(c1ccccc1Cl)N(C)c1ccc(C=O)cc1Br. The molecule has 0 amide bonds. The zero-order chi connectivity index (χ0) is 14.7. The Balaban J connectivity index is 2.34. The van der Waals surface area contributed by atoms with Crippen LogP contribution >= 0.6 is 27.5 Å². The average Bonchev–Trinajstić information content (AvgIpc) is 2.46. The van der Waals surface area contributed by atoms with E-state index in [2.05, 4.69) is 27.8 Å². The van der Waals surface area contributed by atoms with Gasteiger partial charge < -0.3 is 4.90 Å². The molecule has 0 heterocycles. The van der Waals surface area contributed by atoms with Crippen LogP contribution in [-0.2, 0) is 0 Å². The maximum Gasteiger partial charge on any atom is 0.150 e. The highest BCUT2D eigenvalue weighted by molar-refractivity contribution is 9.10. The van der Waals surface area contributed by atoms with Crippen LogP contribution in [0.25, 0.3) is 0 Å². The van der Waals surface area contributed by atoms with Gasteiger partial charge in [0.15, 0.2) is 0 Å². The van der Waals surface area contributed by atoms with E-state index in [1.54, 1.807) is 0 Å². The molecule has 4 heteroatoms. The summed E-state index contributed by atoms with van der Waals surface area (Å²) in [4.78, 5) is 12.9. The number of nitrogens with zero attached hydrogens (tertiary/aromatic N) is 1. The van der Waals surface area contributed by atoms with Gasteiger partial charge in [0, 0.05) is 22.1 Å². The molecular weight excluding hydrogens is 338 g/mol. The van der Waals surface area contributed by atoms with Crippen LogP contribution in [0.1, 0.15) is 28.9 Å². The van der Waals surface area contributed by atoms with Crippen LogP contribution in [0.4, 0.5) is 5.69 Å². The van der Waals surface area contributed by atoms with Crippen molar-refractivity contribution in [2.45, 2.75) is 13.0 Å². The maximum absolute atomic E-state index is 10.8. The third-order valence-electron chi connectivity index (χ3n) is 3.42. The number of rotatable bonds is 4. The normalized spacial score (nSPS) is 12.0. The number of aldehydes is 1. The molecule has 0 saturated heterocycles. The summed E-state index contributed by atoms with van der Waals surface area (Å²) >= 11 is 9.77. The predicted molar refractivity (Wildman–Crippen MR) is 87.8 cm³/mol. The zero-order valence-corrected chi connectivity index (χ0v) is 13.6. The van der Waals surface area contributed by atoms with Crippen molar-refractivity contribution >= 4 is 39.5 Å². The average molecular weight is 353 g/mol. The molecule has 104 valence electrons. The second kappa shape index (κ2) is 6.42. The number of carbonyl (C=O) groups is 1. The second-order valence-corrected chi connectivity index (χ2v) is 5.90. The summed E-state index contributed by atoms with van der Waals surface area (Å²) in [5.41, 5.74) is 2.74. The lowest BCUT2D eigenvalue weighted by atomic mass is 10.1. The van der Waals surface area contributed by atoms with Crippen LogP contribution in [0.2, 0.25) is 5.02 Å². The first kappa shape index (κ1) is 15.1. The monoisotopic (exact) mass is 351 g/mol. The number of hydrogen-bond donors (Lipinski definition) is 0. The first-order valence-corrected chi connectivity index (χ1v) is 7.43. The van der Waals surface area contributed by atoms with Crippen molar-refractivity contribution in [1.82, 2.24) is 0 Å². The number of hydrogen-bond acceptors (Lipinski definition) is 2. The first-order chi connectivity index (χ1) is 9.54. The van der Waals surface area contributed by atoms with Crippen molar-refractivity contribution in [2.24, 2.45) is 0 Å². The fourth-order valence-electron chi connectivity index (χ4n) is 2.11. The molecule has 2 aromatic carbocycles. The molecule has 0 saturated carbocycles. The quantitative estimate of drug-likeness (QED) is 0.712. The molecule has 0 aliphatic carbocycles. The Labute approximate surface area is 132 Å². The Hall–Kier alpha value is -1.32. The number of benzene rings is 2. The van der Waals surface area contributed by atoms with E-state index in [4.69, 9.17) is 11.6 Å². The summed E-state index contributed by atoms with van der Waals surface area (Å²) in [6.07, 6.45) is 0.839. The smallest absolute Gasteiger partial charge is 0.150 e. The van der Waals surface area contributed by atoms with Crippen LogP contribution in [0, 0.1) is 0 Å². The Kier molecular flexibility index (Phi) is 4.84. The topological polar surface area (TPSA) is 20.3 Å². The predicted octanol–water partition coefficient (Wildman–Crippen LogP) is 5.11. The molecule has 2 nitrogen and oxygen atoms in total. The van der Waals surface area contributed by atoms with Crippen molar-refractivity contribution in [3.8, 4) is 0 Å². The van der Waals surface area contributed by atoms with Gasteiger partial charge in [-0.15, -0.1) is 0 Å². The molecule has 0 aliphatic rings. The van der Waals surface area contributed by atoms with Crippen molar-refractivity contribution in [3.63, 3.8) is 0 Å². The molecule has 0 radical (unpaired) electrons. The number of halogens is 2. The van der Waals surface area contributed by atoms with Gasteiger partial charge in [0.25, 0.3) is 0 Å². The molecule has 0 bridgehead atoms. The van der Waals surface area contributed by atoms with E-state index in [0.717, 1.165) is 27.0 Å². The summed E-state index contributed by atoms with van der Waals surface area (Å²) in [6.45, 7) is 2.10. The van der Waals surface area contributed by atoms with Crippen molar-refractivity contribution in [3.05, 3.63) is 63.1 Å². The second-order valence-electron chi connectivity index (χ2n) is 4.64. The van der Waals surface area contributed by atoms with Gasteiger partial charge in [0.2, 0.25) is 0 Å². The van der Waals surface area contributed by atoms with Gasteiger partial charge in [-0.05, 0) is 52.7 Å². The van der Waals surface area contributed by atoms with Crippen molar-refractivity contribution < 1.29 is 4.79 Å². The molecule has 0 fully saturated rings. The summed E-state index contributed by atoms with van der Waals surface area (Å²) in [5, 5.41) is 0.757. The minimum atomic E-state index is 0.127. The fourth-order valence-corrected chi connectivity index (χ4v) is 3.08. The Morgan fingerprint density at radius 3 is 2.55 bits per heavy atom. The molecule has 0 aliphatic heterocycles. The molecule has 0 N–H and O–H groups in total. The highest BCUT2D eigenvalue weighted by Crippen LogP contribution is 2.34. The van der Waals surface area contributed by atoms with Gasteiger partial charge in [-0.1, -0.05) is 29.8 Å². The third kappa shape index (κ3) is 3.05. The first-order valence-electron chi connectivity index (χ1n) is 6.26. The van der Waals surface area contributed by atoms with Crippen molar-refractivity contribution in [2.75, 3.05) is 11.9 Å². The van der Waals surface area contributed by atoms with E-state index >= 15 is 0 Å². The van der Waals surface area contributed by atoms with E-state index in [0.29, 0.717) is 5.56 Å².